The van der Waals surface area contributed by atoms with E-state index >= 15 is 0 Å². The maximum absolute atomic E-state index is 10.5. The fourth-order valence-electron chi connectivity index (χ4n) is 1.23. The summed E-state index contributed by atoms with van der Waals surface area (Å²) >= 11 is 0. The van der Waals surface area contributed by atoms with Gasteiger partial charge in [0.25, 0.3) is 0 Å². The lowest BCUT2D eigenvalue weighted by Gasteiger charge is -2.28. The van der Waals surface area contributed by atoms with Gasteiger partial charge in [0.1, 0.15) is 5.54 Å². The Morgan fingerprint density at radius 3 is 2.80 bits per heavy atom. The van der Waals surface area contributed by atoms with Crippen LogP contribution < -0.4 is 5.48 Å². The minimum Gasteiger partial charge on any atom is -0.635 e. The second-order valence-electron chi connectivity index (χ2n) is 3.17. The molecule has 0 fully saturated rings. The van der Waals surface area contributed by atoms with E-state index in [0.717, 1.165) is 11.9 Å². The highest BCUT2D eigenvalue weighted by Crippen LogP contribution is 2.17. The topological polar surface area (TPSA) is 39.7 Å². The van der Waals surface area contributed by atoms with Gasteiger partial charge in [-0.05, 0) is 19.9 Å². The van der Waals surface area contributed by atoms with E-state index in [1.165, 1.54) is 5.57 Å². The molecule has 56 valence electrons. The SMILES string of the molecule is CC1=CC=CC(C)([NH2+][O-])C1. The number of hydroxylamine groups is 1. The van der Waals surface area contributed by atoms with Crippen molar-refractivity contribution in [2.24, 2.45) is 0 Å². The molecule has 1 aliphatic carbocycles. The summed E-state index contributed by atoms with van der Waals surface area (Å²) in [7, 11) is 0. The Hall–Kier alpha value is -0.600. The second kappa shape index (κ2) is 2.56. The zero-order valence-corrected chi connectivity index (χ0v) is 6.42. The highest BCUT2D eigenvalue weighted by Gasteiger charge is 2.22. The molecule has 10 heavy (non-hydrogen) atoms. The minimum atomic E-state index is -0.237. The lowest BCUT2D eigenvalue weighted by atomic mass is 9.90. The summed E-state index contributed by atoms with van der Waals surface area (Å²) < 4.78 is 0. The summed E-state index contributed by atoms with van der Waals surface area (Å²) in [6, 6.07) is 0. The maximum atomic E-state index is 10.5. The lowest BCUT2D eigenvalue weighted by Crippen LogP contribution is -2.90. The Kier molecular flexibility index (Phi) is 1.92. The van der Waals surface area contributed by atoms with Gasteiger partial charge in [-0.3, -0.25) is 0 Å². The number of allylic oxidation sites excluding steroid dienone is 2. The maximum Gasteiger partial charge on any atom is 0.116 e. The van der Waals surface area contributed by atoms with Gasteiger partial charge in [0.05, 0.1) is 0 Å². The van der Waals surface area contributed by atoms with E-state index in [-0.39, 0.29) is 5.54 Å². The van der Waals surface area contributed by atoms with Crippen molar-refractivity contribution >= 4 is 0 Å². The molecule has 0 aromatic heterocycles. The van der Waals surface area contributed by atoms with Gasteiger partial charge >= 0.3 is 0 Å². The van der Waals surface area contributed by atoms with Crippen molar-refractivity contribution in [1.29, 1.82) is 0 Å². The van der Waals surface area contributed by atoms with Crippen molar-refractivity contribution in [3.8, 4) is 0 Å². The molecular formula is C8H13NO. The third-order valence-electron chi connectivity index (χ3n) is 1.79. The van der Waals surface area contributed by atoms with Crippen LogP contribution in [-0.2, 0) is 0 Å². The van der Waals surface area contributed by atoms with Crippen LogP contribution >= 0.6 is 0 Å². The monoisotopic (exact) mass is 139 g/mol. The van der Waals surface area contributed by atoms with Crippen LogP contribution in [-0.4, -0.2) is 5.54 Å². The average molecular weight is 139 g/mol. The van der Waals surface area contributed by atoms with E-state index in [0.29, 0.717) is 0 Å². The molecule has 0 amide bonds. The zero-order chi connectivity index (χ0) is 7.61. The van der Waals surface area contributed by atoms with E-state index in [2.05, 4.69) is 0 Å². The zero-order valence-electron chi connectivity index (χ0n) is 6.42. The fourth-order valence-corrected chi connectivity index (χ4v) is 1.23. The van der Waals surface area contributed by atoms with Crippen LogP contribution in [0.3, 0.4) is 0 Å². The second-order valence-corrected chi connectivity index (χ2v) is 3.17. The van der Waals surface area contributed by atoms with Crippen molar-refractivity contribution in [2.75, 3.05) is 0 Å². The van der Waals surface area contributed by atoms with E-state index < -0.39 is 0 Å². The van der Waals surface area contributed by atoms with E-state index in [1.807, 2.05) is 32.1 Å². The molecule has 0 aromatic rings. The molecule has 1 rings (SSSR count). The fraction of sp³-hybridized carbons (Fsp3) is 0.500. The molecule has 0 aliphatic heterocycles. The smallest absolute Gasteiger partial charge is 0.116 e. The van der Waals surface area contributed by atoms with Gasteiger partial charge in [0, 0.05) is 6.42 Å². The summed E-state index contributed by atoms with van der Waals surface area (Å²) in [5.41, 5.74) is 2.05. The lowest BCUT2D eigenvalue weighted by molar-refractivity contribution is -0.653. The molecule has 0 saturated heterocycles. The van der Waals surface area contributed by atoms with Crippen LogP contribution in [0.15, 0.2) is 23.8 Å². The Morgan fingerprint density at radius 2 is 2.40 bits per heavy atom. The van der Waals surface area contributed by atoms with Gasteiger partial charge in [-0.15, -0.1) is 0 Å². The standard InChI is InChI=1S/C8H13NO/c1-7-4-3-5-8(2,6-7)9-10/h3-5H,6,9H2,1-2H3. The average Bonchev–Trinajstić information content (AvgIpc) is 1.88. The Bertz CT molecular complexity index is 184. The molecule has 2 nitrogen and oxygen atoms in total. The third kappa shape index (κ3) is 1.46. The molecule has 0 spiro atoms. The molecule has 0 saturated carbocycles. The predicted octanol–water partition coefficient (Wildman–Crippen LogP) is 0.713. The Labute approximate surface area is 61.2 Å². The van der Waals surface area contributed by atoms with Gasteiger partial charge < -0.3 is 10.7 Å². The van der Waals surface area contributed by atoms with Gasteiger partial charge in [-0.1, -0.05) is 17.7 Å². The number of rotatable bonds is 1. The van der Waals surface area contributed by atoms with E-state index in [9.17, 15) is 5.21 Å². The molecule has 1 unspecified atom stereocenters. The molecule has 0 heterocycles. The third-order valence-corrected chi connectivity index (χ3v) is 1.79. The van der Waals surface area contributed by atoms with E-state index in [4.69, 9.17) is 0 Å². The summed E-state index contributed by atoms with van der Waals surface area (Å²) in [6.07, 6.45) is 6.82. The number of hydrogen-bond acceptors (Lipinski definition) is 1. The van der Waals surface area contributed by atoms with Crippen molar-refractivity contribution in [3.05, 3.63) is 29.0 Å². The van der Waals surface area contributed by atoms with E-state index in [1.54, 1.807) is 0 Å². The van der Waals surface area contributed by atoms with Crippen LogP contribution in [0.1, 0.15) is 20.3 Å². The number of quaternary nitrogens is 1. The largest absolute Gasteiger partial charge is 0.635 e. The molecule has 0 bridgehead atoms. The normalized spacial score (nSPS) is 32.1. The Morgan fingerprint density at radius 1 is 1.70 bits per heavy atom. The highest BCUT2D eigenvalue weighted by atomic mass is 16.5. The Balaban J connectivity index is 2.71. The van der Waals surface area contributed by atoms with Gasteiger partial charge in [-0.2, -0.15) is 0 Å². The summed E-state index contributed by atoms with van der Waals surface area (Å²) in [5, 5.41) is 10.5. The molecule has 1 atom stereocenters. The van der Waals surface area contributed by atoms with Crippen LogP contribution in [0, 0.1) is 5.21 Å². The first kappa shape index (κ1) is 7.51. The molecule has 2 heteroatoms. The quantitative estimate of drug-likeness (QED) is 0.534. The minimum absolute atomic E-state index is 0.237. The van der Waals surface area contributed by atoms with Crippen LogP contribution in [0.2, 0.25) is 0 Å². The van der Waals surface area contributed by atoms with Crippen LogP contribution in [0.25, 0.3) is 0 Å². The molecule has 0 radical (unpaired) electrons. The first-order chi connectivity index (χ1) is 4.66. The molecular weight excluding hydrogens is 126 g/mol. The molecule has 2 N–H and O–H groups in total. The molecule has 1 aliphatic rings. The van der Waals surface area contributed by atoms with Crippen LogP contribution in [0.5, 0.6) is 0 Å². The van der Waals surface area contributed by atoms with Crippen molar-refractivity contribution in [1.82, 2.24) is 0 Å². The van der Waals surface area contributed by atoms with Crippen molar-refractivity contribution in [2.45, 2.75) is 25.8 Å². The molecule has 0 aromatic carbocycles. The number of hydrogen-bond donors (Lipinski definition) is 1. The van der Waals surface area contributed by atoms with Crippen molar-refractivity contribution in [3.63, 3.8) is 0 Å². The highest BCUT2D eigenvalue weighted by molar-refractivity contribution is 5.22. The first-order valence-corrected chi connectivity index (χ1v) is 3.48. The van der Waals surface area contributed by atoms with Crippen molar-refractivity contribution < 1.29 is 5.48 Å². The summed E-state index contributed by atoms with van der Waals surface area (Å²) in [6.45, 7) is 4.00. The predicted molar refractivity (Wildman–Crippen MR) is 41.2 cm³/mol. The van der Waals surface area contributed by atoms with Crippen LogP contribution in [0.4, 0.5) is 0 Å². The first-order valence-electron chi connectivity index (χ1n) is 3.48. The van der Waals surface area contributed by atoms with Gasteiger partial charge in [-0.25, -0.2) is 0 Å². The summed E-state index contributed by atoms with van der Waals surface area (Å²) in [4.78, 5) is 0. The number of nitrogens with two attached hydrogens (primary N) is 1. The van der Waals surface area contributed by atoms with Gasteiger partial charge in [0.15, 0.2) is 0 Å². The summed E-state index contributed by atoms with van der Waals surface area (Å²) in [5.74, 6) is 0. The van der Waals surface area contributed by atoms with Gasteiger partial charge in [0.2, 0.25) is 0 Å².